The van der Waals surface area contributed by atoms with Crippen LogP contribution in [0.2, 0.25) is 57.4 Å². The van der Waals surface area contributed by atoms with Gasteiger partial charge in [-0.3, -0.25) is 4.79 Å². The largest absolute Gasteiger partial charge is 0.475 e. The molecule has 4 rings (SSSR count). The quantitative estimate of drug-likeness (QED) is 0.127. The molecule has 0 N–H and O–H groups in total. The third kappa shape index (κ3) is 8.38. The Balaban J connectivity index is 1.93. The molecule has 0 radical (unpaired) electrons. The molecular formula is C33H66BNO5Si3. The minimum Gasteiger partial charge on any atom is -0.460 e. The predicted octanol–water partition coefficient (Wildman–Crippen LogP) is 8.66. The van der Waals surface area contributed by atoms with E-state index in [-0.39, 0.29) is 48.3 Å². The van der Waals surface area contributed by atoms with E-state index in [0.717, 1.165) is 12.8 Å². The molecule has 0 amide bonds. The SMILES string of the molecule is CC(C)(C)OC(=O)CC(C=CC[C@H](B1O[C@@H]2[C@@H]3C[C@H](C[C@]2(C)O1)C3(C)C)N([Si](C)(C)C)[Si](C)(C)C)O[Si](C)(C)C(C)(C)C. The number of rotatable bonds is 11. The second-order valence-electron chi connectivity index (χ2n) is 19.1. The van der Waals surface area contributed by atoms with Gasteiger partial charge in [0.25, 0.3) is 0 Å². The van der Waals surface area contributed by atoms with Crippen LogP contribution >= 0.6 is 0 Å². The van der Waals surface area contributed by atoms with Crippen LogP contribution in [0.25, 0.3) is 0 Å². The summed E-state index contributed by atoms with van der Waals surface area (Å²) in [6, 6.07) is 0. The summed E-state index contributed by atoms with van der Waals surface area (Å²) in [6.07, 6.45) is 7.55. The summed E-state index contributed by atoms with van der Waals surface area (Å²) < 4.78 is 29.5. The van der Waals surface area contributed by atoms with E-state index in [1.165, 1.54) is 6.42 Å². The number of nitrogens with zero attached hydrogens (tertiary/aromatic N) is 1. The lowest BCUT2D eigenvalue weighted by Crippen LogP contribution is -2.67. The minimum atomic E-state index is -2.13. The van der Waals surface area contributed by atoms with Gasteiger partial charge in [0.05, 0.1) is 24.2 Å². The zero-order valence-electron chi connectivity index (χ0n) is 30.9. The Morgan fingerprint density at radius 3 is 2.02 bits per heavy atom. The highest BCUT2D eigenvalue weighted by molar-refractivity contribution is 6.90. The van der Waals surface area contributed by atoms with Crippen molar-refractivity contribution in [3.05, 3.63) is 12.2 Å². The van der Waals surface area contributed by atoms with Gasteiger partial charge in [0.2, 0.25) is 0 Å². The van der Waals surface area contributed by atoms with Crippen molar-refractivity contribution in [2.45, 2.75) is 175 Å². The molecule has 4 fully saturated rings. The summed E-state index contributed by atoms with van der Waals surface area (Å²) in [5.74, 6) is 1.17. The summed E-state index contributed by atoms with van der Waals surface area (Å²) in [5.41, 5.74) is -0.419. The van der Waals surface area contributed by atoms with Crippen LogP contribution < -0.4 is 0 Å². The molecule has 248 valence electrons. The van der Waals surface area contributed by atoms with E-state index in [9.17, 15) is 4.79 Å². The average Bonchev–Trinajstić information content (AvgIpc) is 3.11. The molecule has 4 aliphatic rings. The fourth-order valence-electron chi connectivity index (χ4n) is 7.87. The van der Waals surface area contributed by atoms with Gasteiger partial charge in [0, 0.05) is 5.94 Å². The lowest BCUT2D eigenvalue weighted by atomic mass is 9.45. The van der Waals surface area contributed by atoms with Crippen LogP contribution in [0.15, 0.2) is 12.2 Å². The number of esters is 1. The van der Waals surface area contributed by atoms with Crippen LogP contribution in [0.4, 0.5) is 0 Å². The maximum Gasteiger partial charge on any atom is 0.475 e. The predicted molar refractivity (Wildman–Crippen MR) is 189 cm³/mol. The van der Waals surface area contributed by atoms with E-state index in [0.29, 0.717) is 17.3 Å². The van der Waals surface area contributed by atoms with Crippen molar-refractivity contribution in [3.8, 4) is 0 Å². The fourth-order valence-corrected chi connectivity index (χ4v) is 19.6. The van der Waals surface area contributed by atoms with Gasteiger partial charge >= 0.3 is 13.1 Å². The summed E-state index contributed by atoms with van der Waals surface area (Å²) in [7, 11) is -5.90. The van der Waals surface area contributed by atoms with E-state index >= 15 is 0 Å². The Hall–Kier alpha value is -0.234. The zero-order chi connectivity index (χ0) is 33.2. The third-order valence-corrected chi connectivity index (χ3v) is 22.8. The molecule has 6 nitrogen and oxygen atoms in total. The highest BCUT2D eigenvalue weighted by Crippen LogP contribution is 2.65. The van der Waals surface area contributed by atoms with Gasteiger partial charge in [-0.15, -0.1) is 0 Å². The van der Waals surface area contributed by atoms with Crippen molar-refractivity contribution in [3.63, 3.8) is 0 Å². The molecular weight excluding hydrogens is 585 g/mol. The van der Waals surface area contributed by atoms with E-state index in [2.05, 4.69) is 110 Å². The van der Waals surface area contributed by atoms with Crippen LogP contribution in [0, 0.1) is 17.3 Å². The fraction of sp³-hybridized carbons (Fsp3) is 0.909. The van der Waals surface area contributed by atoms with Gasteiger partial charge in [-0.2, -0.15) is 0 Å². The molecule has 0 aromatic carbocycles. The molecule has 3 saturated carbocycles. The molecule has 1 heterocycles. The molecule has 1 saturated heterocycles. The Bertz CT molecular complexity index is 1030. The molecule has 1 aliphatic heterocycles. The second-order valence-corrected chi connectivity index (χ2v) is 33.9. The monoisotopic (exact) mass is 651 g/mol. The molecule has 0 spiro atoms. The van der Waals surface area contributed by atoms with E-state index in [1.807, 2.05) is 20.8 Å². The summed E-state index contributed by atoms with van der Waals surface area (Å²) in [6.45, 7) is 38.9. The second kappa shape index (κ2) is 12.1. The van der Waals surface area contributed by atoms with Gasteiger partial charge in [0.1, 0.15) is 22.1 Å². The van der Waals surface area contributed by atoms with E-state index in [1.54, 1.807) is 0 Å². The molecule has 6 atom stereocenters. The highest BCUT2D eigenvalue weighted by Gasteiger charge is 2.68. The summed E-state index contributed by atoms with van der Waals surface area (Å²) in [4.78, 5) is 13.0. The first kappa shape index (κ1) is 37.2. The topological polar surface area (TPSA) is 57.2 Å². The molecule has 3 aliphatic carbocycles. The number of hydrogen-bond donors (Lipinski definition) is 0. The molecule has 10 heteroatoms. The first-order valence-corrected chi connectivity index (χ1v) is 26.6. The normalized spacial score (nSPS) is 29.4. The number of carbonyl (C=O) groups is 1. The van der Waals surface area contributed by atoms with Gasteiger partial charge in [-0.25, -0.2) is 0 Å². The maximum atomic E-state index is 13.0. The Kier molecular flexibility index (Phi) is 10.5. The standard InChI is InChI=1S/C33H66BNO5Si3/c1-30(2,3)37-28(36)22-25(39-43(16,17)31(4,5)6)19-18-20-27(35(41(10,11)12)42(13,14)15)34-38-29-26-21-24(32(26,7)8)23-33(29,9)40-34/h18-19,24-27,29H,20-23H2,1-17H3/t24-,25?,26+,27-,29-,33+/m1/s1. The average molecular weight is 652 g/mol. The van der Waals surface area contributed by atoms with Gasteiger partial charge in [-0.05, 0) is 82.3 Å². The first-order valence-electron chi connectivity index (χ1n) is 16.8. The lowest BCUT2D eigenvalue weighted by Gasteiger charge is -2.63. The highest BCUT2D eigenvalue weighted by atomic mass is 28.4. The molecule has 0 aromatic rings. The Morgan fingerprint density at radius 1 is 1.00 bits per heavy atom. The van der Waals surface area contributed by atoms with Crippen LogP contribution in [-0.2, 0) is 23.3 Å². The number of hydrogen-bond acceptors (Lipinski definition) is 6. The van der Waals surface area contributed by atoms with Crippen molar-refractivity contribution in [1.82, 2.24) is 4.23 Å². The number of ether oxygens (including phenoxy) is 1. The van der Waals surface area contributed by atoms with Gasteiger partial charge < -0.3 is 22.7 Å². The number of carbonyl (C=O) groups excluding carboxylic acids is 1. The van der Waals surface area contributed by atoms with Crippen LogP contribution in [0.5, 0.6) is 0 Å². The summed E-state index contributed by atoms with van der Waals surface area (Å²) in [5, 5.41) is 0.0355. The van der Waals surface area contributed by atoms with Crippen molar-refractivity contribution in [2.75, 3.05) is 0 Å². The van der Waals surface area contributed by atoms with Crippen LogP contribution in [-0.4, -0.2) is 71.5 Å². The van der Waals surface area contributed by atoms with Gasteiger partial charge in [0.15, 0.2) is 8.32 Å². The van der Waals surface area contributed by atoms with Crippen molar-refractivity contribution in [1.29, 1.82) is 0 Å². The zero-order valence-corrected chi connectivity index (χ0v) is 33.9. The first-order chi connectivity index (χ1) is 19.1. The van der Waals surface area contributed by atoms with Crippen molar-refractivity contribution < 1.29 is 23.3 Å². The molecule has 43 heavy (non-hydrogen) atoms. The van der Waals surface area contributed by atoms with Crippen molar-refractivity contribution in [2.24, 2.45) is 17.3 Å². The molecule has 2 bridgehead atoms. The summed E-state index contributed by atoms with van der Waals surface area (Å²) >= 11 is 0. The smallest absolute Gasteiger partial charge is 0.460 e. The van der Waals surface area contributed by atoms with Crippen LogP contribution in [0.3, 0.4) is 0 Å². The van der Waals surface area contributed by atoms with E-state index < -0.39 is 30.4 Å². The molecule has 0 aromatic heterocycles. The van der Waals surface area contributed by atoms with Gasteiger partial charge in [-0.1, -0.05) is 86.1 Å². The third-order valence-electron chi connectivity index (χ3n) is 10.7. The molecule has 1 unspecified atom stereocenters. The maximum absolute atomic E-state index is 13.0. The lowest BCUT2D eigenvalue weighted by molar-refractivity contribution is -0.185. The van der Waals surface area contributed by atoms with Crippen LogP contribution in [0.1, 0.15) is 88.0 Å². The minimum absolute atomic E-state index is 0.0355. The Labute approximate surface area is 268 Å². The van der Waals surface area contributed by atoms with E-state index in [4.69, 9.17) is 18.5 Å². The van der Waals surface area contributed by atoms with Crippen molar-refractivity contribution >= 4 is 37.9 Å². The Morgan fingerprint density at radius 2 is 1.56 bits per heavy atom.